The number of hydrogen-bond acceptors (Lipinski definition) is 3. The van der Waals surface area contributed by atoms with Crippen molar-refractivity contribution in [1.29, 1.82) is 0 Å². The fourth-order valence-electron chi connectivity index (χ4n) is 1.14. The standard InChI is InChI=1S/C10H13NO2/c1-7(12)6-9-4-5-10(13-3)11-8(9)2/h4-5H,6H2,1-3H3. The highest BCUT2D eigenvalue weighted by Crippen LogP contribution is 2.12. The summed E-state index contributed by atoms with van der Waals surface area (Å²) >= 11 is 0. The molecule has 0 aliphatic carbocycles. The molecule has 0 fully saturated rings. The maximum Gasteiger partial charge on any atom is 0.213 e. The predicted octanol–water partition coefficient (Wildman–Crippen LogP) is 1.53. The van der Waals surface area contributed by atoms with E-state index in [1.54, 1.807) is 20.1 Å². The molecule has 0 spiro atoms. The van der Waals surface area contributed by atoms with Crippen LogP contribution in [0, 0.1) is 6.92 Å². The highest BCUT2D eigenvalue weighted by atomic mass is 16.5. The van der Waals surface area contributed by atoms with Gasteiger partial charge in [-0.05, 0) is 19.4 Å². The van der Waals surface area contributed by atoms with Crippen LogP contribution in [0.15, 0.2) is 12.1 Å². The Hall–Kier alpha value is -1.38. The molecule has 1 aromatic heterocycles. The number of carbonyl (C=O) groups is 1. The van der Waals surface area contributed by atoms with Gasteiger partial charge < -0.3 is 4.74 Å². The van der Waals surface area contributed by atoms with Gasteiger partial charge in [-0.2, -0.15) is 0 Å². The van der Waals surface area contributed by atoms with E-state index in [0.717, 1.165) is 11.3 Å². The van der Waals surface area contributed by atoms with Crippen LogP contribution in [0.1, 0.15) is 18.2 Å². The van der Waals surface area contributed by atoms with Crippen LogP contribution in [0.2, 0.25) is 0 Å². The zero-order chi connectivity index (χ0) is 9.84. The predicted molar refractivity (Wildman–Crippen MR) is 49.9 cm³/mol. The van der Waals surface area contributed by atoms with E-state index < -0.39 is 0 Å². The lowest BCUT2D eigenvalue weighted by molar-refractivity contribution is -0.116. The van der Waals surface area contributed by atoms with Gasteiger partial charge in [0.1, 0.15) is 5.78 Å². The van der Waals surface area contributed by atoms with Gasteiger partial charge in [-0.3, -0.25) is 4.79 Å². The third kappa shape index (κ3) is 2.54. The number of rotatable bonds is 3. The van der Waals surface area contributed by atoms with Crippen LogP contribution in [0.25, 0.3) is 0 Å². The van der Waals surface area contributed by atoms with E-state index in [0.29, 0.717) is 12.3 Å². The molecule has 1 aromatic rings. The molecule has 13 heavy (non-hydrogen) atoms. The van der Waals surface area contributed by atoms with Crippen LogP contribution in [-0.4, -0.2) is 17.9 Å². The van der Waals surface area contributed by atoms with E-state index in [1.165, 1.54) is 0 Å². The lowest BCUT2D eigenvalue weighted by atomic mass is 10.1. The second-order valence-electron chi connectivity index (χ2n) is 2.98. The van der Waals surface area contributed by atoms with Crippen molar-refractivity contribution >= 4 is 5.78 Å². The van der Waals surface area contributed by atoms with Crippen molar-refractivity contribution in [2.24, 2.45) is 0 Å². The zero-order valence-corrected chi connectivity index (χ0v) is 8.13. The Bertz CT molecular complexity index is 321. The third-order valence-corrected chi connectivity index (χ3v) is 1.82. The lowest BCUT2D eigenvalue weighted by Gasteiger charge is -2.04. The van der Waals surface area contributed by atoms with Gasteiger partial charge in [0.15, 0.2) is 0 Å². The fraction of sp³-hybridized carbons (Fsp3) is 0.400. The first-order valence-electron chi connectivity index (χ1n) is 4.13. The van der Waals surface area contributed by atoms with Crippen LogP contribution in [-0.2, 0) is 11.2 Å². The number of aromatic nitrogens is 1. The van der Waals surface area contributed by atoms with Crippen molar-refractivity contribution in [3.05, 3.63) is 23.4 Å². The van der Waals surface area contributed by atoms with E-state index >= 15 is 0 Å². The number of hydrogen-bond donors (Lipinski definition) is 0. The van der Waals surface area contributed by atoms with E-state index in [-0.39, 0.29) is 5.78 Å². The molecule has 1 rings (SSSR count). The van der Waals surface area contributed by atoms with Crippen LogP contribution >= 0.6 is 0 Å². The van der Waals surface area contributed by atoms with Gasteiger partial charge in [-0.15, -0.1) is 0 Å². The Morgan fingerprint density at radius 2 is 2.23 bits per heavy atom. The minimum atomic E-state index is 0.148. The summed E-state index contributed by atoms with van der Waals surface area (Å²) in [6, 6.07) is 3.65. The Labute approximate surface area is 77.8 Å². The fourth-order valence-corrected chi connectivity index (χ4v) is 1.14. The van der Waals surface area contributed by atoms with E-state index in [9.17, 15) is 4.79 Å². The minimum Gasteiger partial charge on any atom is -0.481 e. The summed E-state index contributed by atoms with van der Waals surface area (Å²) in [6.07, 6.45) is 0.447. The van der Waals surface area contributed by atoms with Crippen molar-refractivity contribution in [3.8, 4) is 5.88 Å². The van der Waals surface area contributed by atoms with Crippen molar-refractivity contribution in [2.75, 3.05) is 7.11 Å². The average Bonchev–Trinajstić information content (AvgIpc) is 2.08. The van der Waals surface area contributed by atoms with Gasteiger partial charge in [0.05, 0.1) is 7.11 Å². The number of aryl methyl sites for hydroxylation is 1. The second-order valence-corrected chi connectivity index (χ2v) is 2.98. The first kappa shape index (κ1) is 9.71. The molecule has 0 radical (unpaired) electrons. The molecule has 0 amide bonds. The molecule has 0 aromatic carbocycles. The monoisotopic (exact) mass is 179 g/mol. The van der Waals surface area contributed by atoms with Gasteiger partial charge in [0.25, 0.3) is 0 Å². The molecule has 3 heteroatoms. The lowest BCUT2D eigenvalue weighted by Crippen LogP contribution is -2.01. The molecule has 0 aliphatic rings. The highest BCUT2D eigenvalue weighted by molar-refractivity contribution is 5.78. The summed E-state index contributed by atoms with van der Waals surface area (Å²) in [6.45, 7) is 3.45. The smallest absolute Gasteiger partial charge is 0.213 e. The molecular formula is C10H13NO2. The summed E-state index contributed by atoms with van der Waals surface area (Å²) in [7, 11) is 1.58. The molecular weight excluding hydrogens is 166 g/mol. The Morgan fingerprint density at radius 3 is 2.69 bits per heavy atom. The van der Waals surface area contributed by atoms with Gasteiger partial charge in [0.2, 0.25) is 5.88 Å². The molecule has 0 bridgehead atoms. The number of nitrogens with zero attached hydrogens (tertiary/aromatic N) is 1. The van der Waals surface area contributed by atoms with Crippen molar-refractivity contribution in [2.45, 2.75) is 20.3 Å². The summed E-state index contributed by atoms with van der Waals surface area (Å²) in [5.41, 5.74) is 1.82. The van der Waals surface area contributed by atoms with Crippen molar-refractivity contribution in [3.63, 3.8) is 0 Å². The molecule has 3 nitrogen and oxygen atoms in total. The molecule has 0 N–H and O–H groups in total. The first-order chi connectivity index (χ1) is 6.13. The third-order valence-electron chi connectivity index (χ3n) is 1.82. The molecule has 70 valence electrons. The summed E-state index contributed by atoms with van der Waals surface area (Å²) in [5.74, 6) is 0.736. The molecule has 0 saturated carbocycles. The molecule has 1 heterocycles. The van der Waals surface area contributed by atoms with Crippen LogP contribution < -0.4 is 4.74 Å². The molecule has 0 saturated heterocycles. The first-order valence-corrected chi connectivity index (χ1v) is 4.13. The van der Waals surface area contributed by atoms with E-state index in [2.05, 4.69) is 4.98 Å². The SMILES string of the molecule is COc1ccc(CC(C)=O)c(C)n1. The largest absolute Gasteiger partial charge is 0.481 e. The molecule has 0 unspecified atom stereocenters. The number of methoxy groups -OCH3 is 1. The molecule has 0 aliphatic heterocycles. The topological polar surface area (TPSA) is 39.2 Å². The van der Waals surface area contributed by atoms with E-state index in [4.69, 9.17) is 4.74 Å². The summed E-state index contributed by atoms with van der Waals surface area (Å²) in [5, 5.41) is 0. The maximum absolute atomic E-state index is 10.9. The minimum absolute atomic E-state index is 0.148. The van der Waals surface area contributed by atoms with Crippen molar-refractivity contribution < 1.29 is 9.53 Å². The zero-order valence-electron chi connectivity index (χ0n) is 8.13. The maximum atomic E-state index is 10.9. The number of carbonyl (C=O) groups excluding carboxylic acids is 1. The number of ether oxygens (including phenoxy) is 1. The Kier molecular flexibility index (Phi) is 3.01. The van der Waals surface area contributed by atoms with Crippen LogP contribution in [0.5, 0.6) is 5.88 Å². The van der Waals surface area contributed by atoms with Crippen LogP contribution in [0.3, 0.4) is 0 Å². The van der Waals surface area contributed by atoms with Gasteiger partial charge in [0, 0.05) is 18.2 Å². The summed E-state index contributed by atoms with van der Waals surface area (Å²) < 4.78 is 4.96. The van der Waals surface area contributed by atoms with Gasteiger partial charge in [-0.1, -0.05) is 6.07 Å². The average molecular weight is 179 g/mol. The van der Waals surface area contributed by atoms with E-state index in [1.807, 2.05) is 13.0 Å². The number of Topliss-reactive ketones (excluding diaryl/α,β-unsaturated/α-hetero) is 1. The van der Waals surface area contributed by atoms with Gasteiger partial charge in [-0.25, -0.2) is 4.98 Å². The normalized spacial score (nSPS) is 9.77. The molecule has 0 atom stereocenters. The summed E-state index contributed by atoms with van der Waals surface area (Å²) in [4.78, 5) is 15.0. The Morgan fingerprint density at radius 1 is 1.54 bits per heavy atom. The van der Waals surface area contributed by atoms with Gasteiger partial charge >= 0.3 is 0 Å². The number of ketones is 1. The Balaban J connectivity index is 2.91. The highest BCUT2D eigenvalue weighted by Gasteiger charge is 2.03. The van der Waals surface area contributed by atoms with Crippen LogP contribution in [0.4, 0.5) is 0 Å². The second kappa shape index (κ2) is 4.03. The number of pyridine rings is 1. The quantitative estimate of drug-likeness (QED) is 0.706. The van der Waals surface area contributed by atoms with Crippen molar-refractivity contribution in [1.82, 2.24) is 4.98 Å².